The molecular formula is C15H19FN2O3. The van der Waals surface area contributed by atoms with Gasteiger partial charge in [0.1, 0.15) is 11.5 Å². The fraction of sp³-hybridized carbons (Fsp3) is 0.600. The Kier molecular flexibility index (Phi) is 3.57. The Morgan fingerprint density at radius 1 is 1.38 bits per heavy atom. The Morgan fingerprint density at radius 3 is 2.95 bits per heavy atom. The number of hydrogen-bond acceptors (Lipinski definition) is 4. The molecule has 114 valence electrons. The molecule has 1 saturated heterocycles. The van der Waals surface area contributed by atoms with E-state index >= 15 is 0 Å². The minimum absolute atomic E-state index is 0.0716. The Balaban J connectivity index is 1.88. The Labute approximate surface area is 122 Å². The van der Waals surface area contributed by atoms with Crippen LogP contribution in [0.15, 0.2) is 18.2 Å². The van der Waals surface area contributed by atoms with Gasteiger partial charge in [-0.1, -0.05) is 12.8 Å². The van der Waals surface area contributed by atoms with Crippen LogP contribution in [-0.4, -0.2) is 28.7 Å². The third kappa shape index (κ3) is 2.60. The van der Waals surface area contributed by atoms with Crippen molar-refractivity contribution in [3.05, 3.63) is 34.1 Å². The number of anilines is 1. The summed E-state index contributed by atoms with van der Waals surface area (Å²) >= 11 is 0. The van der Waals surface area contributed by atoms with E-state index in [2.05, 4.69) is 0 Å². The minimum atomic E-state index is -0.642. The maximum absolute atomic E-state index is 13.5. The number of benzene rings is 1. The van der Waals surface area contributed by atoms with Crippen LogP contribution in [0.3, 0.4) is 0 Å². The molecule has 5 nitrogen and oxygen atoms in total. The van der Waals surface area contributed by atoms with Crippen LogP contribution in [0.25, 0.3) is 0 Å². The van der Waals surface area contributed by atoms with Crippen molar-refractivity contribution < 1.29 is 14.4 Å². The lowest BCUT2D eigenvalue weighted by atomic mass is 9.71. The molecule has 1 aromatic carbocycles. The van der Waals surface area contributed by atoms with Crippen LogP contribution in [0.1, 0.15) is 32.1 Å². The monoisotopic (exact) mass is 294 g/mol. The summed E-state index contributed by atoms with van der Waals surface area (Å²) in [4.78, 5) is 12.5. The van der Waals surface area contributed by atoms with Crippen LogP contribution < -0.4 is 4.90 Å². The number of rotatable bonds is 2. The van der Waals surface area contributed by atoms with E-state index in [9.17, 15) is 19.6 Å². The van der Waals surface area contributed by atoms with E-state index in [1.54, 1.807) is 0 Å². The van der Waals surface area contributed by atoms with Gasteiger partial charge in [0.25, 0.3) is 5.69 Å². The molecular weight excluding hydrogens is 275 g/mol. The SMILES string of the molecule is O=[N+]([O-])c1ccc(F)cc1N1CCC2(O)CCCCC2C1. The molecule has 3 rings (SSSR count). The molecule has 0 aromatic heterocycles. The standard InChI is InChI=1S/C15H19FN2O3/c16-12-4-5-13(18(20)21)14(9-12)17-8-7-15(19)6-2-1-3-11(15)10-17/h4-5,9,11,19H,1-3,6-8,10H2. The second-order valence-electron chi connectivity index (χ2n) is 6.13. The van der Waals surface area contributed by atoms with Gasteiger partial charge in [-0.25, -0.2) is 4.39 Å². The Bertz CT molecular complexity index is 566. The highest BCUT2D eigenvalue weighted by Crippen LogP contribution is 2.42. The second kappa shape index (κ2) is 5.26. The van der Waals surface area contributed by atoms with E-state index < -0.39 is 16.3 Å². The van der Waals surface area contributed by atoms with Crippen molar-refractivity contribution in [2.24, 2.45) is 5.92 Å². The quantitative estimate of drug-likeness (QED) is 0.673. The maximum Gasteiger partial charge on any atom is 0.292 e. The Morgan fingerprint density at radius 2 is 2.19 bits per heavy atom. The molecule has 1 N–H and O–H groups in total. The summed E-state index contributed by atoms with van der Waals surface area (Å²) in [6, 6.07) is 3.56. The highest BCUT2D eigenvalue weighted by atomic mass is 19.1. The summed E-state index contributed by atoms with van der Waals surface area (Å²) in [5, 5.41) is 21.8. The van der Waals surface area contributed by atoms with Crippen molar-refractivity contribution in [2.45, 2.75) is 37.7 Å². The second-order valence-corrected chi connectivity index (χ2v) is 6.13. The van der Waals surface area contributed by atoms with Gasteiger partial charge in [-0.3, -0.25) is 10.1 Å². The third-order valence-electron chi connectivity index (χ3n) is 4.90. The molecule has 1 saturated carbocycles. The van der Waals surface area contributed by atoms with Gasteiger partial charge in [0, 0.05) is 31.1 Å². The highest BCUT2D eigenvalue weighted by molar-refractivity contribution is 5.63. The zero-order valence-corrected chi connectivity index (χ0v) is 11.8. The fourth-order valence-electron chi connectivity index (χ4n) is 3.69. The molecule has 1 aliphatic heterocycles. The number of fused-ring (bicyclic) bond motifs is 1. The highest BCUT2D eigenvalue weighted by Gasteiger charge is 2.43. The first kappa shape index (κ1) is 14.3. The van der Waals surface area contributed by atoms with Crippen LogP contribution in [0.5, 0.6) is 0 Å². The van der Waals surface area contributed by atoms with Crippen LogP contribution >= 0.6 is 0 Å². The zero-order valence-electron chi connectivity index (χ0n) is 11.8. The first-order chi connectivity index (χ1) is 9.99. The summed E-state index contributed by atoms with van der Waals surface area (Å²) in [5.41, 5.74) is -0.387. The van der Waals surface area contributed by atoms with Crippen molar-refractivity contribution in [1.82, 2.24) is 0 Å². The van der Waals surface area contributed by atoms with Crippen LogP contribution in [0.4, 0.5) is 15.8 Å². The summed E-state index contributed by atoms with van der Waals surface area (Å²) < 4.78 is 13.5. The predicted octanol–water partition coefficient (Wildman–Crippen LogP) is 2.87. The number of hydrogen-bond donors (Lipinski definition) is 1. The number of nitro benzene ring substituents is 1. The molecule has 1 aromatic rings. The number of aliphatic hydroxyl groups is 1. The first-order valence-corrected chi connectivity index (χ1v) is 7.41. The number of nitrogens with zero attached hydrogens (tertiary/aromatic N) is 2. The van der Waals surface area contributed by atoms with E-state index in [4.69, 9.17) is 0 Å². The average molecular weight is 294 g/mol. The number of piperidine rings is 1. The zero-order chi connectivity index (χ0) is 15.0. The van der Waals surface area contributed by atoms with Gasteiger partial charge in [0.15, 0.2) is 0 Å². The lowest BCUT2D eigenvalue weighted by Crippen LogP contribution is -2.53. The predicted molar refractivity (Wildman–Crippen MR) is 76.8 cm³/mol. The largest absolute Gasteiger partial charge is 0.389 e. The summed E-state index contributed by atoms with van der Waals surface area (Å²) in [7, 11) is 0. The number of halogens is 1. The minimum Gasteiger partial charge on any atom is -0.389 e. The van der Waals surface area contributed by atoms with Gasteiger partial charge >= 0.3 is 0 Å². The van der Waals surface area contributed by atoms with Crippen LogP contribution in [-0.2, 0) is 0 Å². The van der Waals surface area contributed by atoms with Gasteiger partial charge in [0.2, 0.25) is 0 Å². The lowest BCUT2D eigenvalue weighted by Gasteiger charge is -2.47. The third-order valence-corrected chi connectivity index (χ3v) is 4.90. The summed E-state index contributed by atoms with van der Waals surface area (Å²) in [6.07, 6.45) is 4.43. The molecule has 2 fully saturated rings. The van der Waals surface area contributed by atoms with Crippen molar-refractivity contribution in [2.75, 3.05) is 18.0 Å². The van der Waals surface area contributed by atoms with Crippen LogP contribution in [0, 0.1) is 21.8 Å². The molecule has 0 radical (unpaired) electrons. The van der Waals surface area contributed by atoms with Gasteiger partial charge in [-0.05, 0) is 25.3 Å². The van der Waals surface area contributed by atoms with Gasteiger partial charge in [0.05, 0.1) is 10.5 Å². The van der Waals surface area contributed by atoms with Gasteiger partial charge in [-0.2, -0.15) is 0 Å². The van der Waals surface area contributed by atoms with Gasteiger partial charge < -0.3 is 10.0 Å². The molecule has 0 bridgehead atoms. The lowest BCUT2D eigenvalue weighted by molar-refractivity contribution is -0.384. The first-order valence-electron chi connectivity index (χ1n) is 7.41. The Hall–Kier alpha value is -1.69. The molecule has 21 heavy (non-hydrogen) atoms. The van der Waals surface area contributed by atoms with Crippen molar-refractivity contribution in [3.63, 3.8) is 0 Å². The molecule has 0 amide bonds. The molecule has 2 atom stereocenters. The van der Waals surface area contributed by atoms with Crippen molar-refractivity contribution in [1.29, 1.82) is 0 Å². The number of nitro groups is 1. The smallest absolute Gasteiger partial charge is 0.292 e. The topological polar surface area (TPSA) is 66.6 Å². The molecule has 0 spiro atoms. The average Bonchev–Trinajstić information content (AvgIpc) is 2.45. The van der Waals surface area contributed by atoms with Gasteiger partial charge in [-0.15, -0.1) is 0 Å². The van der Waals surface area contributed by atoms with E-state index in [1.165, 1.54) is 12.1 Å². The summed E-state index contributed by atoms with van der Waals surface area (Å²) in [6.45, 7) is 1.08. The maximum atomic E-state index is 13.5. The normalized spacial score (nSPS) is 29.0. The molecule has 1 heterocycles. The summed E-state index contributed by atoms with van der Waals surface area (Å²) in [5.74, 6) is -0.358. The van der Waals surface area contributed by atoms with Crippen LogP contribution in [0.2, 0.25) is 0 Å². The molecule has 6 heteroatoms. The molecule has 1 aliphatic carbocycles. The fourth-order valence-corrected chi connectivity index (χ4v) is 3.69. The van der Waals surface area contributed by atoms with E-state index in [0.29, 0.717) is 25.2 Å². The van der Waals surface area contributed by atoms with Crippen molar-refractivity contribution in [3.8, 4) is 0 Å². The molecule has 2 unspecified atom stereocenters. The molecule has 2 aliphatic rings. The van der Waals surface area contributed by atoms with E-state index in [0.717, 1.165) is 31.7 Å². The van der Waals surface area contributed by atoms with E-state index in [-0.39, 0.29) is 11.6 Å². The van der Waals surface area contributed by atoms with E-state index in [1.807, 2.05) is 4.90 Å². The van der Waals surface area contributed by atoms with Crippen molar-refractivity contribution >= 4 is 11.4 Å².